The number of amides is 2. The van der Waals surface area contributed by atoms with Crippen molar-refractivity contribution in [2.24, 2.45) is 0 Å². The minimum Gasteiger partial charge on any atom is -0.370 e. The minimum absolute atomic E-state index is 0.0655. The molecule has 1 fully saturated rings. The number of rotatable bonds is 5. The summed E-state index contributed by atoms with van der Waals surface area (Å²) in [6.07, 6.45) is 2.09. The van der Waals surface area contributed by atoms with Crippen LogP contribution >= 0.6 is 11.6 Å². The Balaban J connectivity index is 1.84. The molecule has 0 radical (unpaired) electrons. The van der Waals surface area contributed by atoms with E-state index in [2.05, 4.69) is 10.6 Å². The van der Waals surface area contributed by atoms with Crippen LogP contribution in [0.1, 0.15) is 31.4 Å². The lowest BCUT2D eigenvalue weighted by Gasteiger charge is -2.25. The number of likely N-dealkylation sites (tertiary alicyclic amines) is 1. The molecular formula is C20H22ClN3O2. The monoisotopic (exact) mass is 371 g/mol. The summed E-state index contributed by atoms with van der Waals surface area (Å²) >= 11 is 6.26. The molecule has 0 unspecified atom stereocenters. The highest BCUT2D eigenvalue weighted by atomic mass is 35.5. The van der Waals surface area contributed by atoms with Crippen molar-refractivity contribution >= 4 is 34.8 Å². The van der Waals surface area contributed by atoms with Crippen LogP contribution in [0.25, 0.3) is 0 Å². The molecule has 3 rings (SSSR count). The summed E-state index contributed by atoms with van der Waals surface area (Å²) in [4.78, 5) is 26.1. The predicted octanol–water partition coefficient (Wildman–Crippen LogP) is 4.07. The fourth-order valence-corrected chi connectivity index (χ4v) is 3.34. The minimum atomic E-state index is -0.475. The number of hydrogen-bond acceptors (Lipinski definition) is 3. The van der Waals surface area contributed by atoms with Crippen molar-refractivity contribution in [1.29, 1.82) is 0 Å². The third kappa shape index (κ3) is 4.35. The quantitative estimate of drug-likeness (QED) is 0.832. The third-order valence-corrected chi connectivity index (χ3v) is 4.70. The van der Waals surface area contributed by atoms with Gasteiger partial charge in [-0.05, 0) is 36.6 Å². The molecule has 0 bridgehead atoms. The van der Waals surface area contributed by atoms with Crippen molar-refractivity contribution in [3.05, 3.63) is 59.1 Å². The van der Waals surface area contributed by atoms with E-state index in [1.807, 2.05) is 41.3 Å². The number of hydrogen-bond donors (Lipinski definition) is 2. The maximum absolute atomic E-state index is 13.0. The highest BCUT2D eigenvalue weighted by molar-refractivity contribution is 6.34. The van der Waals surface area contributed by atoms with E-state index in [-0.39, 0.29) is 11.8 Å². The molecule has 136 valence electrons. The van der Waals surface area contributed by atoms with E-state index in [4.69, 9.17) is 11.6 Å². The van der Waals surface area contributed by atoms with Gasteiger partial charge in [-0.25, -0.2) is 0 Å². The van der Waals surface area contributed by atoms with Crippen molar-refractivity contribution in [3.8, 4) is 0 Å². The van der Waals surface area contributed by atoms with E-state index in [1.165, 1.54) is 6.92 Å². The standard InChI is InChI=1S/C20H22ClN3O2/c1-14(25)22-18-10-9-16(13-17(18)21)23-19(15-7-3-2-4-8-15)20(26)24-11-5-6-12-24/h2-4,7-10,13,19,23H,5-6,11-12H2,1H3,(H,22,25)/t19-/m0/s1. The van der Waals surface area contributed by atoms with Gasteiger partial charge in [0.2, 0.25) is 11.8 Å². The molecule has 0 aliphatic carbocycles. The lowest BCUT2D eigenvalue weighted by atomic mass is 10.0. The number of benzene rings is 2. The van der Waals surface area contributed by atoms with Gasteiger partial charge in [-0.2, -0.15) is 0 Å². The smallest absolute Gasteiger partial charge is 0.249 e. The van der Waals surface area contributed by atoms with Crippen molar-refractivity contribution in [1.82, 2.24) is 4.90 Å². The van der Waals surface area contributed by atoms with Crippen molar-refractivity contribution in [2.45, 2.75) is 25.8 Å². The first kappa shape index (κ1) is 18.3. The summed E-state index contributed by atoms with van der Waals surface area (Å²) in [5.41, 5.74) is 2.18. The molecule has 0 spiro atoms. The van der Waals surface area contributed by atoms with E-state index in [0.717, 1.165) is 37.2 Å². The van der Waals surface area contributed by atoms with Gasteiger partial charge in [0, 0.05) is 25.7 Å². The SMILES string of the molecule is CC(=O)Nc1ccc(N[C@H](C(=O)N2CCCC2)c2ccccc2)cc1Cl. The second kappa shape index (κ2) is 8.23. The van der Waals surface area contributed by atoms with Crippen LogP contribution in [0.3, 0.4) is 0 Å². The zero-order valence-electron chi connectivity index (χ0n) is 14.7. The van der Waals surface area contributed by atoms with Gasteiger partial charge in [0.1, 0.15) is 6.04 Å². The normalized spacial score (nSPS) is 14.8. The van der Waals surface area contributed by atoms with Gasteiger partial charge in [0.15, 0.2) is 0 Å². The van der Waals surface area contributed by atoms with Gasteiger partial charge in [-0.3, -0.25) is 9.59 Å². The summed E-state index contributed by atoms with van der Waals surface area (Å²) in [6.45, 7) is 3.03. The molecule has 1 aliphatic heterocycles. The second-order valence-electron chi connectivity index (χ2n) is 6.40. The highest BCUT2D eigenvalue weighted by Crippen LogP contribution is 2.29. The third-order valence-electron chi connectivity index (χ3n) is 4.39. The molecule has 1 atom stereocenters. The molecule has 1 heterocycles. The number of halogens is 1. The summed E-state index contributed by atoms with van der Waals surface area (Å²) < 4.78 is 0. The Bertz CT molecular complexity index is 789. The van der Waals surface area contributed by atoms with E-state index < -0.39 is 6.04 Å². The lowest BCUT2D eigenvalue weighted by molar-refractivity contribution is -0.131. The Hall–Kier alpha value is -2.53. The molecule has 2 aromatic rings. The van der Waals surface area contributed by atoms with E-state index >= 15 is 0 Å². The summed E-state index contributed by atoms with van der Waals surface area (Å²) in [7, 11) is 0. The molecule has 0 saturated carbocycles. The second-order valence-corrected chi connectivity index (χ2v) is 6.80. The lowest BCUT2D eigenvalue weighted by Crippen LogP contribution is -2.36. The molecule has 6 heteroatoms. The topological polar surface area (TPSA) is 61.4 Å². The van der Waals surface area contributed by atoms with E-state index in [0.29, 0.717) is 10.7 Å². The largest absolute Gasteiger partial charge is 0.370 e. The van der Waals surface area contributed by atoms with E-state index in [9.17, 15) is 9.59 Å². The van der Waals surface area contributed by atoms with Crippen LogP contribution in [-0.4, -0.2) is 29.8 Å². The first-order valence-corrected chi connectivity index (χ1v) is 9.10. The molecule has 0 aromatic heterocycles. The zero-order chi connectivity index (χ0) is 18.5. The first-order chi connectivity index (χ1) is 12.5. The highest BCUT2D eigenvalue weighted by Gasteiger charge is 2.27. The number of nitrogens with one attached hydrogen (secondary N) is 2. The number of carbonyl (C=O) groups is 2. The maximum Gasteiger partial charge on any atom is 0.249 e. The van der Waals surface area contributed by atoms with Gasteiger partial charge >= 0.3 is 0 Å². The molecular weight excluding hydrogens is 350 g/mol. The fourth-order valence-electron chi connectivity index (χ4n) is 3.12. The van der Waals surface area contributed by atoms with Gasteiger partial charge in [-0.1, -0.05) is 41.9 Å². The van der Waals surface area contributed by atoms with Crippen LogP contribution in [0.2, 0.25) is 5.02 Å². The Morgan fingerprint density at radius 1 is 1.08 bits per heavy atom. The Morgan fingerprint density at radius 3 is 2.38 bits per heavy atom. The molecule has 2 amide bonds. The van der Waals surface area contributed by atoms with Gasteiger partial charge in [-0.15, -0.1) is 0 Å². The van der Waals surface area contributed by atoms with Gasteiger partial charge < -0.3 is 15.5 Å². The molecule has 5 nitrogen and oxygen atoms in total. The van der Waals surface area contributed by atoms with Crippen molar-refractivity contribution < 1.29 is 9.59 Å². The number of carbonyl (C=O) groups excluding carboxylic acids is 2. The molecule has 2 aromatic carbocycles. The Labute approximate surface area is 158 Å². The van der Waals surface area contributed by atoms with Crippen LogP contribution in [0, 0.1) is 0 Å². The Kier molecular flexibility index (Phi) is 5.78. The molecule has 26 heavy (non-hydrogen) atoms. The van der Waals surface area contributed by atoms with Gasteiger partial charge in [0.25, 0.3) is 0 Å². The summed E-state index contributed by atoms with van der Waals surface area (Å²) in [6, 6.07) is 14.5. The summed E-state index contributed by atoms with van der Waals surface area (Å²) in [5, 5.41) is 6.41. The molecule has 1 saturated heterocycles. The van der Waals surface area contributed by atoms with Crippen LogP contribution in [0.4, 0.5) is 11.4 Å². The number of nitrogens with zero attached hydrogens (tertiary/aromatic N) is 1. The average Bonchev–Trinajstić information content (AvgIpc) is 3.16. The van der Waals surface area contributed by atoms with Crippen LogP contribution in [-0.2, 0) is 9.59 Å². The van der Waals surface area contributed by atoms with Gasteiger partial charge in [0.05, 0.1) is 10.7 Å². The van der Waals surface area contributed by atoms with E-state index in [1.54, 1.807) is 12.1 Å². The fraction of sp³-hybridized carbons (Fsp3) is 0.300. The van der Waals surface area contributed by atoms with Crippen molar-refractivity contribution in [2.75, 3.05) is 23.7 Å². The van der Waals surface area contributed by atoms with Crippen LogP contribution in [0.15, 0.2) is 48.5 Å². The average molecular weight is 372 g/mol. The van der Waals surface area contributed by atoms with Crippen LogP contribution < -0.4 is 10.6 Å². The summed E-state index contributed by atoms with van der Waals surface area (Å²) in [5.74, 6) is -0.116. The molecule has 1 aliphatic rings. The maximum atomic E-state index is 13.0. The zero-order valence-corrected chi connectivity index (χ0v) is 15.4. The van der Waals surface area contributed by atoms with Crippen molar-refractivity contribution in [3.63, 3.8) is 0 Å². The van der Waals surface area contributed by atoms with Crippen LogP contribution in [0.5, 0.6) is 0 Å². The molecule has 2 N–H and O–H groups in total. The Morgan fingerprint density at radius 2 is 1.77 bits per heavy atom. The first-order valence-electron chi connectivity index (χ1n) is 8.72. The number of anilines is 2. The predicted molar refractivity (Wildman–Crippen MR) is 104 cm³/mol.